The molecule has 1 aromatic rings. The van der Waals surface area contributed by atoms with Gasteiger partial charge in [0.1, 0.15) is 6.10 Å². The molecule has 2 aliphatic rings. The summed E-state index contributed by atoms with van der Waals surface area (Å²) in [5.74, 6) is 1.58. The molecule has 1 aliphatic carbocycles. The molecule has 1 saturated heterocycles. The monoisotopic (exact) mass is 291 g/mol. The minimum atomic E-state index is 0.128. The summed E-state index contributed by atoms with van der Waals surface area (Å²) < 4.78 is 10.7. The number of rotatable bonds is 6. The molecule has 0 radical (unpaired) electrons. The third-order valence-electron chi connectivity index (χ3n) is 4.40. The molecule has 0 amide bonds. The SMILES string of the molecule is COCCNCC1CCc2nc(C3CCCO3)ncc2C1. The molecule has 2 heterocycles. The topological polar surface area (TPSA) is 56.3 Å². The fourth-order valence-corrected chi connectivity index (χ4v) is 3.19. The van der Waals surface area contributed by atoms with Crippen LogP contribution in [0.5, 0.6) is 0 Å². The summed E-state index contributed by atoms with van der Waals surface area (Å²) in [5.41, 5.74) is 2.56. The largest absolute Gasteiger partial charge is 0.383 e. The molecule has 2 atom stereocenters. The van der Waals surface area contributed by atoms with Crippen LogP contribution in [0.1, 0.15) is 42.4 Å². The van der Waals surface area contributed by atoms with Crippen LogP contribution in [0.4, 0.5) is 0 Å². The van der Waals surface area contributed by atoms with Crippen LogP contribution in [0.15, 0.2) is 6.20 Å². The molecule has 1 aromatic heterocycles. The Labute approximate surface area is 126 Å². The summed E-state index contributed by atoms with van der Waals surface area (Å²) in [6.45, 7) is 3.60. The van der Waals surface area contributed by atoms with Crippen molar-refractivity contribution in [2.45, 2.75) is 38.2 Å². The van der Waals surface area contributed by atoms with Crippen LogP contribution in [-0.2, 0) is 22.3 Å². The van der Waals surface area contributed by atoms with E-state index in [9.17, 15) is 0 Å². The van der Waals surface area contributed by atoms with E-state index in [1.807, 2.05) is 6.20 Å². The first-order valence-electron chi connectivity index (χ1n) is 8.02. The van der Waals surface area contributed by atoms with Gasteiger partial charge in [0.25, 0.3) is 0 Å². The van der Waals surface area contributed by atoms with Crippen LogP contribution < -0.4 is 5.32 Å². The second-order valence-corrected chi connectivity index (χ2v) is 6.01. The quantitative estimate of drug-likeness (QED) is 0.808. The number of hydrogen-bond donors (Lipinski definition) is 1. The maximum atomic E-state index is 5.68. The molecule has 5 heteroatoms. The number of methoxy groups -OCH3 is 1. The number of fused-ring (bicyclic) bond motifs is 1. The van der Waals surface area contributed by atoms with Gasteiger partial charge in [0, 0.05) is 32.2 Å². The number of nitrogens with one attached hydrogen (secondary N) is 1. The first kappa shape index (κ1) is 14.9. The molecular weight excluding hydrogens is 266 g/mol. The Kier molecular flexibility index (Phi) is 5.17. The van der Waals surface area contributed by atoms with E-state index < -0.39 is 0 Å². The molecule has 1 fully saturated rings. The fraction of sp³-hybridized carbons (Fsp3) is 0.750. The number of aromatic nitrogens is 2. The van der Waals surface area contributed by atoms with Gasteiger partial charge >= 0.3 is 0 Å². The average molecular weight is 291 g/mol. The van der Waals surface area contributed by atoms with Crippen molar-refractivity contribution in [1.29, 1.82) is 0 Å². The van der Waals surface area contributed by atoms with E-state index in [1.54, 1.807) is 7.11 Å². The highest BCUT2D eigenvalue weighted by Crippen LogP contribution is 2.29. The lowest BCUT2D eigenvalue weighted by Gasteiger charge is -2.24. The second kappa shape index (κ2) is 7.29. The summed E-state index contributed by atoms with van der Waals surface area (Å²) in [6, 6.07) is 0. The van der Waals surface area contributed by atoms with Crippen molar-refractivity contribution >= 4 is 0 Å². The van der Waals surface area contributed by atoms with Crippen LogP contribution in [0.2, 0.25) is 0 Å². The van der Waals surface area contributed by atoms with Crippen LogP contribution in [0, 0.1) is 5.92 Å². The van der Waals surface area contributed by atoms with Gasteiger partial charge in [-0.1, -0.05) is 0 Å². The van der Waals surface area contributed by atoms with Gasteiger partial charge in [-0.15, -0.1) is 0 Å². The third-order valence-corrected chi connectivity index (χ3v) is 4.40. The summed E-state index contributed by atoms with van der Waals surface area (Å²) in [6.07, 6.45) is 7.69. The first-order chi connectivity index (χ1) is 10.4. The number of hydrogen-bond acceptors (Lipinski definition) is 5. The lowest BCUT2D eigenvalue weighted by atomic mass is 9.87. The summed E-state index contributed by atoms with van der Waals surface area (Å²) in [7, 11) is 1.74. The lowest BCUT2D eigenvalue weighted by molar-refractivity contribution is 0.104. The number of ether oxygens (including phenoxy) is 2. The maximum Gasteiger partial charge on any atom is 0.157 e. The van der Waals surface area contributed by atoms with Gasteiger partial charge < -0.3 is 14.8 Å². The predicted octanol–water partition coefficient (Wildman–Crippen LogP) is 1.67. The molecule has 3 rings (SSSR count). The van der Waals surface area contributed by atoms with Crippen LogP contribution in [0.3, 0.4) is 0 Å². The van der Waals surface area contributed by atoms with Gasteiger partial charge in [0.2, 0.25) is 0 Å². The maximum absolute atomic E-state index is 5.68. The molecule has 0 saturated carbocycles. The van der Waals surface area contributed by atoms with Gasteiger partial charge in [-0.3, -0.25) is 0 Å². The molecule has 0 aromatic carbocycles. The van der Waals surface area contributed by atoms with Crippen molar-refractivity contribution < 1.29 is 9.47 Å². The predicted molar refractivity (Wildman–Crippen MR) is 80.2 cm³/mol. The molecular formula is C16H25N3O2. The van der Waals surface area contributed by atoms with Gasteiger partial charge in [-0.25, -0.2) is 9.97 Å². The molecule has 0 bridgehead atoms. The van der Waals surface area contributed by atoms with E-state index in [0.29, 0.717) is 5.92 Å². The van der Waals surface area contributed by atoms with Crippen molar-refractivity contribution in [3.8, 4) is 0 Å². The Morgan fingerprint density at radius 2 is 2.38 bits per heavy atom. The van der Waals surface area contributed by atoms with E-state index in [2.05, 4.69) is 10.3 Å². The molecule has 21 heavy (non-hydrogen) atoms. The summed E-state index contributed by atoms with van der Waals surface area (Å²) in [5, 5.41) is 3.46. The van der Waals surface area contributed by atoms with Gasteiger partial charge in [-0.05, 0) is 50.1 Å². The Hall–Kier alpha value is -1.04. The molecule has 5 nitrogen and oxygen atoms in total. The molecule has 1 N–H and O–H groups in total. The molecule has 1 aliphatic heterocycles. The zero-order chi connectivity index (χ0) is 14.5. The van der Waals surface area contributed by atoms with Crippen molar-refractivity contribution in [2.24, 2.45) is 5.92 Å². The molecule has 116 valence electrons. The Balaban J connectivity index is 1.56. The third kappa shape index (κ3) is 3.78. The molecule has 0 spiro atoms. The normalized spacial score (nSPS) is 25.0. The van der Waals surface area contributed by atoms with E-state index in [-0.39, 0.29) is 6.10 Å². The fourth-order valence-electron chi connectivity index (χ4n) is 3.19. The zero-order valence-electron chi connectivity index (χ0n) is 12.8. The number of nitrogens with zero attached hydrogens (tertiary/aromatic N) is 2. The van der Waals surface area contributed by atoms with Gasteiger partial charge in [0.05, 0.1) is 6.61 Å². The lowest BCUT2D eigenvalue weighted by Crippen LogP contribution is -2.30. The second-order valence-electron chi connectivity index (χ2n) is 6.01. The van der Waals surface area contributed by atoms with E-state index >= 15 is 0 Å². The highest BCUT2D eigenvalue weighted by atomic mass is 16.5. The van der Waals surface area contributed by atoms with Crippen molar-refractivity contribution in [2.75, 3.05) is 33.4 Å². The van der Waals surface area contributed by atoms with E-state index in [4.69, 9.17) is 14.5 Å². The van der Waals surface area contributed by atoms with E-state index in [1.165, 1.54) is 17.7 Å². The number of aryl methyl sites for hydroxylation is 1. The van der Waals surface area contributed by atoms with Crippen LogP contribution in [-0.4, -0.2) is 43.4 Å². The van der Waals surface area contributed by atoms with Crippen molar-refractivity contribution in [1.82, 2.24) is 15.3 Å². The Bertz CT molecular complexity index is 461. The highest BCUT2D eigenvalue weighted by molar-refractivity contribution is 5.22. The van der Waals surface area contributed by atoms with Crippen molar-refractivity contribution in [3.05, 3.63) is 23.3 Å². The summed E-state index contributed by atoms with van der Waals surface area (Å²) in [4.78, 5) is 9.30. The highest BCUT2D eigenvalue weighted by Gasteiger charge is 2.24. The van der Waals surface area contributed by atoms with Crippen molar-refractivity contribution in [3.63, 3.8) is 0 Å². The summed E-state index contributed by atoms with van der Waals surface area (Å²) >= 11 is 0. The van der Waals surface area contributed by atoms with Crippen LogP contribution in [0.25, 0.3) is 0 Å². The zero-order valence-corrected chi connectivity index (χ0v) is 12.8. The standard InChI is InChI=1S/C16H25N3O2/c1-20-8-6-17-10-12-4-5-14-13(9-12)11-18-16(19-14)15-3-2-7-21-15/h11-12,15,17H,2-10H2,1H3. The van der Waals surface area contributed by atoms with E-state index in [0.717, 1.165) is 57.8 Å². The smallest absolute Gasteiger partial charge is 0.157 e. The minimum Gasteiger partial charge on any atom is -0.383 e. The first-order valence-corrected chi connectivity index (χ1v) is 8.02. The average Bonchev–Trinajstić information content (AvgIpc) is 3.05. The van der Waals surface area contributed by atoms with Gasteiger partial charge in [0.15, 0.2) is 5.82 Å². The Morgan fingerprint density at radius 1 is 1.43 bits per heavy atom. The minimum absolute atomic E-state index is 0.128. The molecule has 2 unspecified atom stereocenters. The Morgan fingerprint density at radius 3 is 3.19 bits per heavy atom. The van der Waals surface area contributed by atoms with Gasteiger partial charge in [-0.2, -0.15) is 0 Å². The van der Waals surface area contributed by atoms with Crippen LogP contribution >= 0.6 is 0 Å².